The van der Waals surface area contributed by atoms with Crippen molar-refractivity contribution < 1.29 is 47.6 Å². The summed E-state index contributed by atoms with van der Waals surface area (Å²) in [5.41, 5.74) is 6.47. The highest BCUT2D eigenvalue weighted by Gasteiger charge is 2.25. The summed E-state index contributed by atoms with van der Waals surface area (Å²) < 4.78 is 29.5. The molecule has 0 saturated carbocycles. The van der Waals surface area contributed by atoms with Crippen LogP contribution in [0.15, 0.2) is 18.2 Å². The van der Waals surface area contributed by atoms with Crippen molar-refractivity contribution in [3.63, 3.8) is 0 Å². The summed E-state index contributed by atoms with van der Waals surface area (Å²) >= 11 is 0. The number of benzene rings is 1. The molecule has 1 aromatic rings. The molecule has 0 radical (unpaired) electrons. The van der Waals surface area contributed by atoms with Crippen molar-refractivity contribution in [3.8, 4) is 11.5 Å². The third kappa shape index (κ3) is 10.1. The molecule has 1 aromatic carbocycles. The molecule has 0 amide bonds. The van der Waals surface area contributed by atoms with Crippen LogP contribution < -0.4 is 15.2 Å². The lowest BCUT2D eigenvalue weighted by Crippen LogP contribution is -2.39. The molecule has 11 heteroatoms. The van der Waals surface area contributed by atoms with Crippen LogP contribution >= 0.6 is 0 Å². The Balaban J connectivity index is 2.75. The minimum absolute atomic E-state index is 0.0206. The first-order valence-electron chi connectivity index (χ1n) is 10.9. The third-order valence-electron chi connectivity index (χ3n) is 4.75. The summed E-state index contributed by atoms with van der Waals surface area (Å²) in [6, 6.07) is 3.19. The highest BCUT2D eigenvalue weighted by atomic mass is 16.7. The van der Waals surface area contributed by atoms with E-state index in [4.69, 9.17) is 24.7 Å². The van der Waals surface area contributed by atoms with Crippen LogP contribution in [0.1, 0.15) is 52.0 Å². The number of rotatable bonds is 12. The first-order valence-corrected chi connectivity index (χ1v) is 10.9. The van der Waals surface area contributed by atoms with Gasteiger partial charge in [-0.05, 0) is 44.4 Å². The third-order valence-corrected chi connectivity index (χ3v) is 4.75. The normalized spacial score (nSPS) is 13.1. The molecule has 0 unspecified atom stereocenters. The minimum Gasteiger partial charge on any atom is -0.459 e. The number of nitrogens with two attached hydrogens (primary N) is 1. The predicted molar refractivity (Wildman–Crippen MR) is 119 cm³/mol. The van der Waals surface area contributed by atoms with Crippen LogP contribution in [0, 0.1) is 0 Å². The Morgan fingerprint density at radius 2 is 1.47 bits per heavy atom. The van der Waals surface area contributed by atoms with Gasteiger partial charge in [-0.25, -0.2) is 9.59 Å². The maximum Gasteiger partial charge on any atom is 0.513 e. The molecule has 0 spiro atoms. The van der Waals surface area contributed by atoms with Crippen molar-refractivity contribution in [2.75, 3.05) is 14.2 Å². The Kier molecular flexibility index (Phi) is 12.4. The fourth-order valence-electron chi connectivity index (χ4n) is 2.69. The molecule has 0 aliphatic carbocycles. The Morgan fingerprint density at radius 1 is 0.882 bits per heavy atom. The van der Waals surface area contributed by atoms with Gasteiger partial charge >= 0.3 is 24.2 Å². The van der Waals surface area contributed by atoms with Crippen LogP contribution in [-0.2, 0) is 35.0 Å². The topological polar surface area (TPSA) is 150 Å². The van der Waals surface area contributed by atoms with Crippen LogP contribution in [0.3, 0.4) is 0 Å². The zero-order valence-electron chi connectivity index (χ0n) is 20.2. The quantitative estimate of drug-likeness (QED) is 0.202. The number of hydrogen-bond donors (Lipinski definition) is 1. The summed E-state index contributed by atoms with van der Waals surface area (Å²) in [5.74, 6) is -1.28. The van der Waals surface area contributed by atoms with Gasteiger partial charge in [0.15, 0.2) is 11.5 Å². The van der Waals surface area contributed by atoms with Gasteiger partial charge in [0.1, 0.15) is 18.2 Å². The second-order valence-electron chi connectivity index (χ2n) is 7.50. The Hall–Kier alpha value is -3.34. The van der Waals surface area contributed by atoms with Crippen molar-refractivity contribution in [2.45, 2.75) is 71.1 Å². The summed E-state index contributed by atoms with van der Waals surface area (Å²) in [5, 5.41) is 0. The van der Waals surface area contributed by atoms with Crippen molar-refractivity contribution in [1.29, 1.82) is 0 Å². The molecule has 34 heavy (non-hydrogen) atoms. The number of methoxy groups -OCH3 is 2. The van der Waals surface area contributed by atoms with Gasteiger partial charge in [0.25, 0.3) is 0 Å². The van der Waals surface area contributed by atoms with E-state index in [-0.39, 0.29) is 23.9 Å². The number of ether oxygens (including phenoxy) is 6. The fraction of sp³-hybridized carbons (Fsp3) is 0.565. The van der Waals surface area contributed by atoms with E-state index >= 15 is 0 Å². The zero-order valence-corrected chi connectivity index (χ0v) is 20.2. The lowest BCUT2D eigenvalue weighted by molar-refractivity contribution is -0.166. The van der Waals surface area contributed by atoms with Gasteiger partial charge in [-0.15, -0.1) is 0 Å². The standard InChI is InChI=1S/C23H33NO10/c1-6-7-8-9-20(25)31-14(2)15(3)32-21(26)17(24)12-16-10-11-18(33-22(27)29-4)19(13-16)34-23(28)30-5/h10-11,13-15,17H,6-9,12,24H2,1-5H3/t14-,15-,17-/m0/s1. The van der Waals surface area contributed by atoms with Crippen LogP contribution in [0.4, 0.5) is 9.59 Å². The molecule has 0 fully saturated rings. The van der Waals surface area contributed by atoms with Crippen molar-refractivity contribution in [2.24, 2.45) is 5.73 Å². The molecule has 11 nitrogen and oxygen atoms in total. The summed E-state index contributed by atoms with van der Waals surface area (Å²) in [6.45, 7) is 5.28. The van der Waals surface area contributed by atoms with E-state index in [0.717, 1.165) is 33.5 Å². The van der Waals surface area contributed by atoms with Gasteiger partial charge in [-0.2, -0.15) is 0 Å². The monoisotopic (exact) mass is 483 g/mol. The van der Waals surface area contributed by atoms with Gasteiger partial charge in [-0.1, -0.05) is 25.8 Å². The van der Waals surface area contributed by atoms with E-state index in [1.165, 1.54) is 18.2 Å². The average molecular weight is 484 g/mol. The summed E-state index contributed by atoms with van der Waals surface area (Å²) in [6.07, 6.45) is -0.400. The van der Waals surface area contributed by atoms with Gasteiger partial charge in [0, 0.05) is 6.42 Å². The largest absolute Gasteiger partial charge is 0.513 e. The van der Waals surface area contributed by atoms with E-state index in [0.29, 0.717) is 12.0 Å². The van der Waals surface area contributed by atoms with Gasteiger partial charge in [-0.3, -0.25) is 9.59 Å². The Labute approximate surface area is 198 Å². The number of carbonyl (C=O) groups excluding carboxylic acids is 4. The molecule has 190 valence electrons. The molecule has 1 rings (SSSR count). The first-order chi connectivity index (χ1) is 16.1. The van der Waals surface area contributed by atoms with Crippen molar-refractivity contribution in [1.82, 2.24) is 0 Å². The molecule has 3 atom stereocenters. The van der Waals surface area contributed by atoms with Crippen LogP contribution in [0.25, 0.3) is 0 Å². The molecule has 0 bridgehead atoms. The number of unbranched alkanes of at least 4 members (excludes halogenated alkanes) is 2. The molecule has 0 saturated heterocycles. The number of hydrogen-bond acceptors (Lipinski definition) is 11. The predicted octanol–water partition coefficient (Wildman–Crippen LogP) is 3.29. The van der Waals surface area contributed by atoms with Crippen LogP contribution in [-0.4, -0.2) is 56.7 Å². The highest BCUT2D eigenvalue weighted by molar-refractivity contribution is 5.76. The molecular weight excluding hydrogens is 450 g/mol. The molecule has 0 aliphatic rings. The summed E-state index contributed by atoms with van der Waals surface area (Å²) in [4.78, 5) is 47.2. The van der Waals surface area contributed by atoms with E-state index < -0.39 is 36.5 Å². The second kappa shape index (κ2) is 14.7. The van der Waals surface area contributed by atoms with E-state index in [9.17, 15) is 19.2 Å². The van der Waals surface area contributed by atoms with Crippen LogP contribution in [0.2, 0.25) is 0 Å². The van der Waals surface area contributed by atoms with E-state index in [1.54, 1.807) is 13.8 Å². The molecular formula is C23H33NO10. The molecule has 2 N–H and O–H groups in total. The van der Waals surface area contributed by atoms with Gasteiger partial charge in [0.05, 0.1) is 14.2 Å². The zero-order chi connectivity index (χ0) is 25.7. The van der Waals surface area contributed by atoms with Crippen LogP contribution in [0.5, 0.6) is 11.5 Å². The lowest BCUT2D eigenvalue weighted by atomic mass is 10.1. The first kappa shape index (κ1) is 28.7. The van der Waals surface area contributed by atoms with E-state index in [2.05, 4.69) is 9.47 Å². The fourth-order valence-corrected chi connectivity index (χ4v) is 2.69. The number of carbonyl (C=O) groups is 4. The Morgan fingerprint density at radius 3 is 2.06 bits per heavy atom. The van der Waals surface area contributed by atoms with Gasteiger partial charge < -0.3 is 34.2 Å². The minimum atomic E-state index is -1.06. The molecule has 0 aromatic heterocycles. The Bertz CT molecular complexity index is 841. The molecule has 0 aliphatic heterocycles. The van der Waals surface area contributed by atoms with E-state index in [1.807, 2.05) is 6.92 Å². The maximum absolute atomic E-state index is 12.4. The van der Waals surface area contributed by atoms with Gasteiger partial charge in [0.2, 0.25) is 0 Å². The second-order valence-corrected chi connectivity index (χ2v) is 7.50. The van der Waals surface area contributed by atoms with Crippen molar-refractivity contribution in [3.05, 3.63) is 23.8 Å². The SMILES string of the molecule is CCCCCC(=O)O[C@@H](C)[C@H](C)OC(=O)[C@@H](N)Cc1ccc(OC(=O)OC)c(OC(=O)OC)c1. The smallest absolute Gasteiger partial charge is 0.459 e. The van der Waals surface area contributed by atoms with Crippen molar-refractivity contribution >= 4 is 24.2 Å². The highest BCUT2D eigenvalue weighted by Crippen LogP contribution is 2.30. The average Bonchev–Trinajstić information content (AvgIpc) is 2.80. The number of esters is 2. The lowest BCUT2D eigenvalue weighted by Gasteiger charge is -2.22. The molecule has 0 heterocycles. The maximum atomic E-state index is 12.4. The summed E-state index contributed by atoms with van der Waals surface area (Å²) in [7, 11) is 2.24.